The third-order valence-corrected chi connectivity index (χ3v) is 2.13. The molecule has 0 atom stereocenters. The van der Waals surface area contributed by atoms with Gasteiger partial charge in [-0.25, -0.2) is 9.59 Å². The first-order valence-corrected chi connectivity index (χ1v) is 5.99. The molecule has 0 heterocycles. The predicted octanol–water partition coefficient (Wildman–Crippen LogP) is 2.88. The van der Waals surface area contributed by atoms with Crippen LogP contribution in [0.1, 0.15) is 41.0 Å². The van der Waals surface area contributed by atoms with Crippen LogP contribution in [0.25, 0.3) is 0 Å². The topological polar surface area (TPSA) is 61.8 Å². The molecule has 0 saturated heterocycles. The normalized spacial score (nSPS) is 10.4. The fourth-order valence-electron chi connectivity index (χ4n) is 1.27. The minimum atomic E-state index is -0.728. The summed E-state index contributed by atoms with van der Waals surface area (Å²) in [5, 5.41) is 0. The van der Waals surface area contributed by atoms with Crippen molar-refractivity contribution in [2.24, 2.45) is 0 Å². The van der Waals surface area contributed by atoms with Gasteiger partial charge in [0, 0.05) is 0 Å². The summed E-state index contributed by atoms with van der Waals surface area (Å²) in [5.74, 6) is -1.34. The van der Waals surface area contributed by atoms with Crippen LogP contribution in [0, 0.1) is 0 Å². The Balaban J connectivity index is 2.86. The molecule has 1 rings (SSSR count). The molecule has 0 aliphatic heterocycles. The molecule has 0 fully saturated rings. The molecule has 5 heteroatoms. The third kappa shape index (κ3) is 4.56. The van der Waals surface area contributed by atoms with Gasteiger partial charge < -0.3 is 4.74 Å². The number of ether oxygens (including phenoxy) is 1. The van der Waals surface area contributed by atoms with Crippen LogP contribution >= 0.6 is 0 Å². The zero-order valence-electron chi connectivity index (χ0n) is 10.9. The van der Waals surface area contributed by atoms with Gasteiger partial charge in [0.1, 0.15) is 0 Å². The van der Waals surface area contributed by atoms with Gasteiger partial charge in [-0.1, -0.05) is 19.1 Å². The Bertz CT molecular complexity index is 465. The minimum absolute atomic E-state index is 0.103. The number of hydrogen-bond acceptors (Lipinski definition) is 5. The van der Waals surface area contributed by atoms with Crippen LogP contribution in [-0.4, -0.2) is 18.5 Å². The van der Waals surface area contributed by atoms with Gasteiger partial charge in [0.2, 0.25) is 0 Å². The maximum absolute atomic E-state index is 11.8. The number of allylic oxidation sites excluding steroid dienone is 1. The van der Waals surface area contributed by atoms with Gasteiger partial charge in [-0.05, 0) is 31.6 Å². The lowest BCUT2D eigenvalue weighted by Crippen LogP contribution is -2.13. The van der Waals surface area contributed by atoms with E-state index in [-0.39, 0.29) is 17.7 Å². The summed E-state index contributed by atoms with van der Waals surface area (Å²) in [6, 6.07) is 6.23. The van der Waals surface area contributed by atoms with E-state index in [0.29, 0.717) is 0 Å². The van der Waals surface area contributed by atoms with Crippen LogP contribution < -0.4 is 0 Å². The molecule has 102 valence electrons. The maximum atomic E-state index is 11.8. The Morgan fingerprint density at radius 1 is 1.11 bits per heavy atom. The molecular formula is C14H16O5. The number of carbonyl (C=O) groups is 2. The van der Waals surface area contributed by atoms with Crippen molar-refractivity contribution in [2.75, 3.05) is 6.61 Å². The highest BCUT2D eigenvalue weighted by molar-refractivity contribution is 6.03. The van der Waals surface area contributed by atoms with Crippen LogP contribution in [0.3, 0.4) is 0 Å². The van der Waals surface area contributed by atoms with Gasteiger partial charge in [-0.2, -0.15) is 4.89 Å². The molecular weight excluding hydrogens is 248 g/mol. The Morgan fingerprint density at radius 3 is 2.32 bits per heavy atom. The molecule has 0 saturated carbocycles. The average molecular weight is 264 g/mol. The van der Waals surface area contributed by atoms with Crippen LogP contribution in [0.15, 0.2) is 36.6 Å². The van der Waals surface area contributed by atoms with Gasteiger partial charge in [0.15, 0.2) is 0 Å². The SMILES string of the molecule is CCC=COC(=O)c1ccccc1C(=O)OOCC. The highest BCUT2D eigenvalue weighted by Gasteiger charge is 2.19. The largest absolute Gasteiger partial charge is 0.431 e. The highest BCUT2D eigenvalue weighted by atomic mass is 17.2. The van der Waals surface area contributed by atoms with E-state index in [1.807, 2.05) is 6.92 Å². The fourth-order valence-corrected chi connectivity index (χ4v) is 1.27. The van der Waals surface area contributed by atoms with Crippen LogP contribution in [0.5, 0.6) is 0 Å². The molecule has 0 unspecified atom stereocenters. The zero-order chi connectivity index (χ0) is 14.1. The molecule has 5 nitrogen and oxygen atoms in total. The van der Waals surface area contributed by atoms with E-state index in [4.69, 9.17) is 4.74 Å². The van der Waals surface area contributed by atoms with Gasteiger partial charge in [-0.3, -0.25) is 4.89 Å². The van der Waals surface area contributed by atoms with Crippen molar-refractivity contribution < 1.29 is 24.1 Å². The summed E-state index contributed by atoms with van der Waals surface area (Å²) in [6.45, 7) is 3.83. The monoisotopic (exact) mass is 264 g/mol. The van der Waals surface area contributed by atoms with E-state index < -0.39 is 11.9 Å². The van der Waals surface area contributed by atoms with E-state index in [2.05, 4.69) is 9.78 Å². The molecule has 19 heavy (non-hydrogen) atoms. The second-order valence-electron chi connectivity index (χ2n) is 3.51. The van der Waals surface area contributed by atoms with Gasteiger partial charge in [0.25, 0.3) is 0 Å². The quantitative estimate of drug-likeness (QED) is 0.342. The van der Waals surface area contributed by atoms with E-state index >= 15 is 0 Å². The van der Waals surface area contributed by atoms with Gasteiger partial charge in [0.05, 0.1) is 24.0 Å². The fraction of sp³-hybridized carbons (Fsp3) is 0.286. The number of esters is 1. The summed E-state index contributed by atoms with van der Waals surface area (Å²) in [4.78, 5) is 32.6. The van der Waals surface area contributed by atoms with Crippen molar-refractivity contribution in [1.82, 2.24) is 0 Å². The molecule has 0 aromatic heterocycles. The molecule has 0 N–H and O–H groups in total. The predicted molar refractivity (Wildman–Crippen MR) is 68.3 cm³/mol. The molecule has 0 aliphatic carbocycles. The first-order chi connectivity index (χ1) is 9.20. The van der Waals surface area contributed by atoms with Crippen molar-refractivity contribution in [3.05, 3.63) is 47.7 Å². The Hall–Kier alpha value is -2.14. The lowest BCUT2D eigenvalue weighted by atomic mass is 10.1. The molecule has 0 radical (unpaired) electrons. The second kappa shape index (κ2) is 8.05. The number of benzene rings is 1. The Kier molecular flexibility index (Phi) is 6.32. The Labute approximate surface area is 111 Å². The average Bonchev–Trinajstić information content (AvgIpc) is 2.45. The summed E-state index contributed by atoms with van der Waals surface area (Å²) < 4.78 is 4.90. The van der Waals surface area contributed by atoms with Crippen LogP contribution in [0.4, 0.5) is 0 Å². The molecule has 0 aliphatic rings. The second-order valence-corrected chi connectivity index (χ2v) is 3.51. The summed E-state index contributed by atoms with van der Waals surface area (Å²) in [5.41, 5.74) is 0.235. The summed E-state index contributed by atoms with van der Waals surface area (Å²) in [7, 11) is 0. The van der Waals surface area contributed by atoms with Crippen molar-refractivity contribution in [3.63, 3.8) is 0 Å². The number of hydrogen-bond donors (Lipinski definition) is 0. The smallest absolute Gasteiger partial charge is 0.373 e. The number of rotatable bonds is 6. The minimum Gasteiger partial charge on any atom is -0.431 e. The lowest BCUT2D eigenvalue weighted by molar-refractivity contribution is -0.236. The number of carbonyl (C=O) groups excluding carboxylic acids is 2. The lowest BCUT2D eigenvalue weighted by Gasteiger charge is -2.06. The van der Waals surface area contributed by atoms with E-state index in [1.165, 1.54) is 18.4 Å². The maximum Gasteiger partial charge on any atom is 0.373 e. The van der Waals surface area contributed by atoms with Crippen molar-refractivity contribution in [1.29, 1.82) is 0 Å². The van der Waals surface area contributed by atoms with E-state index in [9.17, 15) is 9.59 Å². The zero-order valence-corrected chi connectivity index (χ0v) is 10.9. The molecule has 0 amide bonds. The van der Waals surface area contributed by atoms with Gasteiger partial charge >= 0.3 is 11.9 Å². The van der Waals surface area contributed by atoms with Gasteiger partial charge in [-0.15, -0.1) is 0 Å². The van der Waals surface area contributed by atoms with E-state index in [1.54, 1.807) is 25.1 Å². The molecule has 1 aromatic rings. The summed E-state index contributed by atoms with van der Waals surface area (Å²) in [6.07, 6.45) is 3.74. The first-order valence-electron chi connectivity index (χ1n) is 5.99. The van der Waals surface area contributed by atoms with Crippen LogP contribution in [-0.2, 0) is 14.5 Å². The molecule has 0 spiro atoms. The third-order valence-electron chi connectivity index (χ3n) is 2.13. The summed E-state index contributed by atoms with van der Waals surface area (Å²) >= 11 is 0. The van der Waals surface area contributed by atoms with E-state index in [0.717, 1.165) is 6.42 Å². The Morgan fingerprint density at radius 2 is 1.74 bits per heavy atom. The molecule has 0 bridgehead atoms. The molecule has 1 aromatic carbocycles. The van der Waals surface area contributed by atoms with Crippen molar-refractivity contribution >= 4 is 11.9 Å². The first kappa shape index (κ1) is 14.9. The van der Waals surface area contributed by atoms with Crippen molar-refractivity contribution in [2.45, 2.75) is 20.3 Å². The highest BCUT2D eigenvalue weighted by Crippen LogP contribution is 2.12. The van der Waals surface area contributed by atoms with Crippen molar-refractivity contribution in [3.8, 4) is 0 Å². The van der Waals surface area contributed by atoms with Crippen LogP contribution in [0.2, 0.25) is 0 Å². The standard InChI is InChI=1S/C14H16O5/c1-3-5-10-17-13(15)11-8-6-7-9-12(11)14(16)19-18-4-2/h5-10H,3-4H2,1-2H3.